The topological polar surface area (TPSA) is 76.0 Å². The van der Waals surface area contributed by atoms with Gasteiger partial charge in [0.15, 0.2) is 8.32 Å². The Labute approximate surface area is 151 Å². The fourth-order valence-corrected chi connectivity index (χ4v) is 4.07. The van der Waals surface area contributed by atoms with E-state index in [1.54, 1.807) is 24.3 Å². The number of carbonyl (C=O) groups is 1. The number of ether oxygens (including phenoxy) is 1. The zero-order valence-corrected chi connectivity index (χ0v) is 16.7. The number of rotatable bonds is 4. The van der Waals surface area contributed by atoms with Gasteiger partial charge in [0, 0.05) is 0 Å². The minimum Gasteiger partial charge on any atom is -0.456 e. The van der Waals surface area contributed by atoms with E-state index in [9.17, 15) is 15.0 Å². The number of aliphatic hydroxyl groups is 2. The van der Waals surface area contributed by atoms with Crippen LogP contribution in [0.2, 0.25) is 18.1 Å². The Morgan fingerprint density at radius 3 is 2.12 bits per heavy atom. The molecule has 2 N–H and O–H groups in total. The highest BCUT2D eigenvalue weighted by atomic mass is 28.4. The first-order valence-electron chi connectivity index (χ1n) is 8.83. The molecule has 0 bridgehead atoms. The average molecular weight is 367 g/mol. The van der Waals surface area contributed by atoms with Gasteiger partial charge in [0.2, 0.25) is 0 Å². The molecule has 0 unspecified atom stereocenters. The summed E-state index contributed by atoms with van der Waals surface area (Å²) in [6.07, 6.45) is -2.33. The molecule has 6 heteroatoms. The molecule has 1 aliphatic carbocycles. The van der Waals surface area contributed by atoms with Gasteiger partial charge < -0.3 is 19.4 Å². The number of hydrogen-bond donors (Lipinski definition) is 2. The van der Waals surface area contributed by atoms with Gasteiger partial charge in [-0.1, -0.05) is 39.0 Å². The van der Waals surface area contributed by atoms with Gasteiger partial charge in [-0.3, -0.25) is 0 Å². The molecule has 140 valence electrons. The van der Waals surface area contributed by atoms with Crippen LogP contribution in [0, 0.1) is 0 Å². The van der Waals surface area contributed by atoms with Crippen molar-refractivity contribution < 1.29 is 24.2 Å². The molecule has 2 rings (SSSR count). The lowest BCUT2D eigenvalue weighted by Gasteiger charge is -2.44. The van der Waals surface area contributed by atoms with Gasteiger partial charge in [-0.25, -0.2) is 4.79 Å². The second kappa shape index (κ2) is 7.58. The van der Waals surface area contributed by atoms with Crippen LogP contribution in [0.25, 0.3) is 0 Å². The normalized spacial score (nSPS) is 27.8. The summed E-state index contributed by atoms with van der Waals surface area (Å²) in [5.74, 6) is -0.486. The van der Waals surface area contributed by atoms with Crippen LogP contribution in [-0.4, -0.2) is 48.9 Å². The highest BCUT2D eigenvalue weighted by molar-refractivity contribution is 6.74. The molecule has 0 aliphatic heterocycles. The lowest BCUT2D eigenvalue weighted by molar-refractivity contribution is -0.134. The van der Waals surface area contributed by atoms with Gasteiger partial charge in [-0.2, -0.15) is 0 Å². The largest absolute Gasteiger partial charge is 0.456 e. The first-order valence-corrected chi connectivity index (χ1v) is 11.7. The first-order chi connectivity index (χ1) is 11.5. The van der Waals surface area contributed by atoms with Crippen molar-refractivity contribution in [2.45, 2.75) is 76.2 Å². The monoisotopic (exact) mass is 366 g/mol. The van der Waals surface area contributed by atoms with Crippen LogP contribution < -0.4 is 0 Å². The summed E-state index contributed by atoms with van der Waals surface area (Å²) in [6.45, 7) is 10.6. The molecule has 0 saturated heterocycles. The molecule has 1 fully saturated rings. The van der Waals surface area contributed by atoms with E-state index < -0.39 is 38.7 Å². The molecule has 1 aromatic rings. The van der Waals surface area contributed by atoms with Crippen molar-refractivity contribution in [3.63, 3.8) is 0 Å². The molecule has 1 aliphatic rings. The van der Waals surface area contributed by atoms with E-state index in [0.29, 0.717) is 18.4 Å². The summed E-state index contributed by atoms with van der Waals surface area (Å²) in [7, 11) is -2.05. The maximum absolute atomic E-state index is 12.2. The highest BCUT2D eigenvalue weighted by Gasteiger charge is 2.45. The van der Waals surface area contributed by atoms with E-state index in [0.717, 1.165) is 0 Å². The lowest BCUT2D eigenvalue weighted by Crippen LogP contribution is -2.55. The van der Waals surface area contributed by atoms with Crippen LogP contribution in [0.4, 0.5) is 0 Å². The Morgan fingerprint density at radius 1 is 1.04 bits per heavy atom. The molecule has 25 heavy (non-hydrogen) atoms. The fraction of sp³-hybridized carbons (Fsp3) is 0.632. The zero-order valence-electron chi connectivity index (χ0n) is 15.7. The SMILES string of the molecule is CC(C)(C)[Si](C)(C)O[C@H]1CC[C@H](OC(=O)c2ccccc2)[C@H](O)[C@@H]1O. The predicted octanol–water partition coefficient (Wildman–Crippen LogP) is 3.12. The third kappa shape index (κ3) is 4.70. The molecule has 0 heterocycles. The van der Waals surface area contributed by atoms with E-state index in [2.05, 4.69) is 33.9 Å². The second-order valence-electron chi connectivity index (χ2n) is 8.28. The number of hydrogen-bond acceptors (Lipinski definition) is 5. The summed E-state index contributed by atoms with van der Waals surface area (Å²) in [6, 6.07) is 8.66. The molecule has 0 radical (unpaired) electrons. The molecule has 0 aromatic heterocycles. The number of aliphatic hydroxyl groups excluding tert-OH is 2. The minimum absolute atomic E-state index is 0.0221. The molecular formula is C19H30O5Si. The van der Waals surface area contributed by atoms with Gasteiger partial charge in [-0.15, -0.1) is 0 Å². The predicted molar refractivity (Wildman–Crippen MR) is 99.0 cm³/mol. The standard InChI is InChI=1S/C19H30O5Si/c1-19(2,3)25(4,5)24-15-12-11-14(16(20)17(15)21)23-18(22)13-9-7-6-8-10-13/h6-10,14-17,20-21H,11-12H2,1-5H3/t14-,15-,16-,17+/m0/s1. The molecule has 1 saturated carbocycles. The fourth-order valence-electron chi connectivity index (χ4n) is 2.70. The third-order valence-corrected chi connectivity index (χ3v) is 9.87. The maximum Gasteiger partial charge on any atom is 0.338 e. The molecule has 0 spiro atoms. The van der Waals surface area contributed by atoms with Gasteiger partial charge in [0.25, 0.3) is 0 Å². The van der Waals surface area contributed by atoms with Crippen molar-refractivity contribution in [3.8, 4) is 0 Å². The van der Waals surface area contributed by atoms with Crippen molar-refractivity contribution in [1.82, 2.24) is 0 Å². The minimum atomic E-state index is -2.05. The quantitative estimate of drug-likeness (QED) is 0.632. The Bertz CT molecular complexity index is 581. The van der Waals surface area contributed by atoms with E-state index >= 15 is 0 Å². The van der Waals surface area contributed by atoms with E-state index in [1.807, 2.05) is 6.07 Å². The van der Waals surface area contributed by atoms with Crippen molar-refractivity contribution in [2.24, 2.45) is 0 Å². The van der Waals surface area contributed by atoms with E-state index in [-0.39, 0.29) is 5.04 Å². The summed E-state index contributed by atoms with van der Waals surface area (Å²) in [4.78, 5) is 12.2. The molecule has 0 amide bonds. The van der Waals surface area contributed by atoms with Crippen molar-refractivity contribution in [3.05, 3.63) is 35.9 Å². The van der Waals surface area contributed by atoms with E-state index in [1.165, 1.54) is 0 Å². The van der Waals surface area contributed by atoms with Gasteiger partial charge in [-0.05, 0) is 43.1 Å². The average Bonchev–Trinajstić information content (AvgIpc) is 2.54. The van der Waals surface area contributed by atoms with Gasteiger partial charge in [0.05, 0.1) is 11.7 Å². The molecule has 4 atom stereocenters. The van der Waals surface area contributed by atoms with Gasteiger partial charge >= 0.3 is 5.97 Å². The first kappa shape index (κ1) is 20.1. The van der Waals surface area contributed by atoms with Crippen molar-refractivity contribution >= 4 is 14.3 Å². The van der Waals surface area contributed by atoms with Crippen LogP contribution in [-0.2, 0) is 9.16 Å². The van der Waals surface area contributed by atoms with Crippen molar-refractivity contribution in [2.75, 3.05) is 0 Å². The number of carbonyl (C=O) groups excluding carboxylic acids is 1. The Balaban J connectivity index is 1.99. The third-order valence-electron chi connectivity index (χ3n) is 5.37. The van der Waals surface area contributed by atoms with Crippen LogP contribution >= 0.6 is 0 Å². The van der Waals surface area contributed by atoms with Crippen LogP contribution in [0.1, 0.15) is 44.0 Å². The van der Waals surface area contributed by atoms with Crippen molar-refractivity contribution in [1.29, 1.82) is 0 Å². The Hall–Kier alpha value is -1.21. The van der Waals surface area contributed by atoms with Crippen LogP contribution in [0.15, 0.2) is 30.3 Å². The van der Waals surface area contributed by atoms with Crippen LogP contribution in [0.5, 0.6) is 0 Å². The maximum atomic E-state index is 12.2. The lowest BCUT2D eigenvalue weighted by atomic mass is 9.89. The molecular weight excluding hydrogens is 336 g/mol. The zero-order chi connectivity index (χ0) is 18.8. The summed E-state index contributed by atoms with van der Waals surface area (Å²) in [5.41, 5.74) is 0.434. The summed E-state index contributed by atoms with van der Waals surface area (Å²) in [5, 5.41) is 20.9. The Morgan fingerprint density at radius 2 is 1.56 bits per heavy atom. The smallest absolute Gasteiger partial charge is 0.338 e. The van der Waals surface area contributed by atoms with Crippen LogP contribution in [0.3, 0.4) is 0 Å². The summed E-state index contributed by atoms with van der Waals surface area (Å²) < 4.78 is 11.7. The second-order valence-corrected chi connectivity index (χ2v) is 13.0. The highest BCUT2D eigenvalue weighted by Crippen LogP contribution is 2.39. The van der Waals surface area contributed by atoms with Gasteiger partial charge in [0.1, 0.15) is 18.3 Å². The van der Waals surface area contributed by atoms with E-state index in [4.69, 9.17) is 9.16 Å². The molecule has 1 aromatic carbocycles. The number of esters is 1. The number of benzene rings is 1. The summed E-state index contributed by atoms with van der Waals surface area (Å²) >= 11 is 0. The molecule has 5 nitrogen and oxygen atoms in total. The Kier molecular flexibility index (Phi) is 6.09.